The zero-order valence-electron chi connectivity index (χ0n) is 16.7. The molecule has 3 rings (SSSR count). The van der Waals surface area contributed by atoms with Gasteiger partial charge in [-0.25, -0.2) is 5.43 Å². The molecule has 3 aromatic rings. The summed E-state index contributed by atoms with van der Waals surface area (Å²) in [6.45, 7) is 2.53. The molecular formula is C21H23N3O5. The molecule has 0 saturated heterocycles. The summed E-state index contributed by atoms with van der Waals surface area (Å²) in [5, 5.41) is 4.71. The van der Waals surface area contributed by atoms with Gasteiger partial charge in [-0.15, -0.1) is 0 Å². The highest BCUT2D eigenvalue weighted by Crippen LogP contribution is 2.41. The van der Waals surface area contributed by atoms with Crippen LogP contribution in [0.25, 0.3) is 10.9 Å². The van der Waals surface area contributed by atoms with Gasteiger partial charge in [0.15, 0.2) is 11.5 Å². The first-order chi connectivity index (χ1) is 14.1. The molecule has 2 aromatic carbocycles. The van der Waals surface area contributed by atoms with Gasteiger partial charge in [-0.1, -0.05) is 0 Å². The number of H-pyrrole nitrogens is 1. The van der Waals surface area contributed by atoms with E-state index in [1.807, 2.05) is 31.2 Å². The van der Waals surface area contributed by atoms with E-state index in [0.717, 1.165) is 11.3 Å². The largest absolute Gasteiger partial charge is 0.496 e. The Morgan fingerprint density at radius 1 is 1.07 bits per heavy atom. The van der Waals surface area contributed by atoms with Crippen molar-refractivity contribution in [2.45, 2.75) is 6.92 Å². The van der Waals surface area contributed by atoms with Crippen molar-refractivity contribution >= 4 is 23.0 Å². The minimum absolute atomic E-state index is 0.314. The van der Waals surface area contributed by atoms with Crippen molar-refractivity contribution in [3.8, 4) is 23.0 Å². The Morgan fingerprint density at radius 3 is 2.41 bits per heavy atom. The maximum absolute atomic E-state index is 12.5. The van der Waals surface area contributed by atoms with Gasteiger partial charge in [0, 0.05) is 11.5 Å². The van der Waals surface area contributed by atoms with Crippen LogP contribution >= 0.6 is 0 Å². The lowest BCUT2D eigenvalue weighted by Gasteiger charge is -2.11. The van der Waals surface area contributed by atoms with Crippen LogP contribution in [0.1, 0.15) is 23.0 Å². The number of amides is 1. The first kappa shape index (κ1) is 20.1. The molecule has 0 fully saturated rings. The molecule has 0 unspecified atom stereocenters. The Kier molecular flexibility index (Phi) is 6.23. The van der Waals surface area contributed by atoms with E-state index in [2.05, 4.69) is 15.5 Å². The summed E-state index contributed by atoms with van der Waals surface area (Å²) in [6, 6.07) is 10.8. The second kappa shape index (κ2) is 9.01. The van der Waals surface area contributed by atoms with Crippen molar-refractivity contribution in [1.29, 1.82) is 0 Å². The van der Waals surface area contributed by atoms with Crippen LogP contribution in [-0.4, -0.2) is 45.0 Å². The highest BCUT2D eigenvalue weighted by Gasteiger charge is 2.19. The third kappa shape index (κ3) is 4.26. The van der Waals surface area contributed by atoms with Gasteiger partial charge in [-0.2, -0.15) is 5.10 Å². The van der Waals surface area contributed by atoms with Crippen LogP contribution in [0.4, 0.5) is 0 Å². The number of ether oxygens (including phenoxy) is 4. The molecule has 8 heteroatoms. The summed E-state index contributed by atoms with van der Waals surface area (Å²) < 4.78 is 21.6. The van der Waals surface area contributed by atoms with Crippen molar-refractivity contribution < 1.29 is 23.7 Å². The molecular weight excluding hydrogens is 374 g/mol. The first-order valence-electron chi connectivity index (χ1n) is 8.99. The number of nitrogens with zero attached hydrogens (tertiary/aromatic N) is 1. The lowest BCUT2D eigenvalue weighted by molar-refractivity contribution is 0.0951. The average Bonchev–Trinajstić information content (AvgIpc) is 3.19. The number of methoxy groups -OCH3 is 3. The number of carbonyl (C=O) groups excluding carboxylic acids is 1. The van der Waals surface area contributed by atoms with Gasteiger partial charge in [0.25, 0.3) is 5.91 Å². The second-order valence-electron chi connectivity index (χ2n) is 5.99. The summed E-state index contributed by atoms with van der Waals surface area (Å²) in [4.78, 5) is 15.6. The number of aromatic amines is 1. The van der Waals surface area contributed by atoms with Crippen molar-refractivity contribution in [3.05, 3.63) is 47.7 Å². The van der Waals surface area contributed by atoms with Gasteiger partial charge < -0.3 is 23.9 Å². The zero-order valence-corrected chi connectivity index (χ0v) is 16.7. The van der Waals surface area contributed by atoms with Crippen LogP contribution in [-0.2, 0) is 0 Å². The third-order valence-electron chi connectivity index (χ3n) is 4.26. The van der Waals surface area contributed by atoms with Gasteiger partial charge in [0.1, 0.15) is 17.2 Å². The molecule has 0 aliphatic carbocycles. The van der Waals surface area contributed by atoms with Crippen LogP contribution in [0.5, 0.6) is 23.0 Å². The predicted molar refractivity (Wildman–Crippen MR) is 111 cm³/mol. The van der Waals surface area contributed by atoms with Gasteiger partial charge in [-0.3, -0.25) is 4.79 Å². The molecule has 0 atom stereocenters. The Morgan fingerprint density at radius 2 is 1.79 bits per heavy atom. The standard InChI is InChI=1S/C21H23N3O5/c1-5-29-14-8-6-13(7-9-14)12-22-24-21(25)16-10-15-17(26-2)11-18(27-3)20(28-4)19(15)23-16/h6-12,23H,5H2,1-4H3,(H,24,25)/b22-12+. The minimum Gasteiger partial charge on any atom is -0.496 e. The lowest BCUT2D eigenvalue weighted by atomic mass is 10.2. The number of rotatable bonds is 8. The fourth-order valence-corrected chi connectivity index (χ4v) is 2.90. The number of nitrogens with one attached hydrogen (secondary N) is 2. The van der Waals surface area contributed by atoms with Crippen LogP contribution in [0.2, 0.25) is 0 Å². The van der Waals surface area contributed by atoms with Crippen LogP contribution in [0, 0.1) is 0 Å². The smallest absolute Gasteiger partial charge is 0.287 e. The number of hydrazone groups is 1. The summed E-state index contributed by atoms with van der Waals surface area (Å²) in [5.74, 6) is 1.93. The third-order valence-corrected chi connectivity index (χ3v) is 4.26. The zero-order chi connectivity index (χ0) is 20.8. The summed E-state index contributed by atoms with van der Waals surface area (Å²) >= 11 is 0. The molecule has 152 valence electrons. The Labute approximate surface area is 168 Å². The van der Waals surface area contributed by atoms with Crippen molar-refractivity contribution in [1.82, 2.24) is 10.4 Å². The van der Waals surface area contributed by atoms with Gasteiger partial charge in [0.2, 0.25) is 0 Å². The molecule has 0 aliphatic rings. The number of carbonyl (C=O) groups is 1. The number of hydrogen-bond acceptors (Lipinski definition) is 6. The van der Waals surface area contributed by atoms with Crippen LogP contribution in [0.15, 0.2) is 41.5 Å². The SMILES string of the molecule is CCOc1ccc(/C=N/NC(=O)c2cc3c(OC)cc(OC)c(OC)c3[nH]2)cc1. The minimum atomic E-state index is -0.397. The average molecular weight is 397 g/mol. The molecule has 0 spiro atoms. The fraction of sp³-hybridized carbons (Fsp3) is 0.238. The fourth-order valence-electron chi connectivity index (χ4n) is 2.90. The summed E-state index contributed by atoms with van der Waals surface area (Å²) in [7, 11) is 4.62. The van der Waals surface area contributed by atoms with E-state index < -0.39 is 5.91 Å². The molecule has 0 aliphatic heterocycles. The molecule has 1 amide bonds. The second-order valence-corrected chi connectivity index (χ2v) is 5.99. The maximum atomic E-state index is 12.5. The molecule has 0 saturated carbocycles. The summed E-state index contributed by atoms with van der Waals surface area (Å²) in [6.07, 6.45) is 1.56. The van der Waals surface area contributed by atoms with Gasteiger partial charge in [-0.05, 0) is 42.8 Å². The number of aromatic nitrogens is 1. The summed E-state index contributed by atoms with van der Waals surface area (Å²) in [5.41, 5.74) is 4.25. The molecule has 0 radical (unpaired) electrons. The van der Waals surface area contributed by atoms with Crippen molar-refractivity contribution in [2.24, 2.45) is 5.10 Å². The van der Waals surface area contributed by atoms with E-state index in [1.165, 1.54) is 14.2 Å². The Balaban J connectivity index is 1.80. The lowest BCUT2D eigenvalue weighted by Crippen LogP contribution is -2.17. The maximum Gasteiger partial charge on any atom is 0.287 e. The van der Waals surface area contributed by atoms with E-state index in [4.69, 9.17) is 18.9 Å². The molecule has 2 N–H and O–H groups in total. The molecule has 8 nitrogen and oxygen atoms in total. The number of hydrogen-bond donors (Lipinski definition) is 2. The van der Waals surface area contributed by atoms with E-state index in [1.54, 1.807) is 25.5 Å². The monoisotopic (exact) mass is 397 g/mol. The highest BCUT2D eigenvalue weighted by molar-refractivity contribution is 6.02. The van der Waals surface area contributed by atoms with Gasteiger partial charge >= 0.3 is 0 Å². The van der Waals surface area contributed by atoms with E-state index >= 15 is 0 Å². The number of benzene rings is 2. The van der Waals surface area contributed by atoms with E-state index in [-0.39, 0.29) is 0 Å². The Bertz CT molecular complexity index is 1020. The quantitative estimate of drug-likeness (QED) is 0.449. The van der Waals surface area contributed by atoms with Crippen molar-refractivity contribution in [3.63, 3.8) is 0 Å². The molecule has 1 aromatic heterocycles. The first-order valence-corrected chi connectivity index (χ1v) is 8.99. The molecule has 0 bridgehead atoms. The van der Waals surface area contributed by atoms with Crippen molar-refractivity contribution in [2.75, 3.05) is 27.9 Å². The Hall–Kier alpha value is -3.68. The van der Waals surface area contributed by atoms with Gasteiger partial charge in [0.05, 0.1) is 39.7 Å². The van der Waals surface area contributed by atoms with Crippen LogP contribution < -0.4 is 24.4 Å². The van der Waals surface area contributed by atoms with Crippen LogP contribution in [0.3, 0.4) is 0 Å². The number of fused-ring (bicyclic) bond motifs is 1. The predicted octanol–water partition coefficient (Wildman–Crippen LogP) is 3.36. The highest BCUT2D eigenvalue weighted by atomic mass is 16.5. The molecule has 1 heterocycles. The molecule has 29 heavy (non-hydrogen) atoms. The van der Waals surface area contributed by atoms with E-state index in [0.29, 0.717) is 40.5 Å². The van der Waals surface area contributed by atoms with E-state index in [9.17, 15) is 4.79 Å². The topological polar surface area (TPSA) is 94.2 Å². The normalized spacial score (nSPS) is 10.9.